The Morgan fingerprint density at radius 2 is 2.00 bits per heavy atom. The van der Waals surface area contributed by atoms with Crippen molar-refractivity contribution in [2.75, 3.05) is 6.61 Å². The molecule has 0 bridgehead atoms. The molecule has 3 rings (SSSR count). The highest BCUT2D eigenvalue weighted by Gasteiger charge is 2.15. The van der Waals surface area contributed by atoms with E-state index >= 15 is 0 Å². The quantitative estimate of drug-likeness (QED) is 0.736. The minimum atomic E-state index is -0.0263. The molecule has 4 heteroatoms. The minimum Gasteiger partial charge on any atom is -0.493 e. The molecular formula is C16H12BrClO2. The summed E-state index contributed by atoms with van der Waals surface area (Å²) in [7, 11) is 0. The lowest BCUT2D eigenvalue weighted by atomic mass is 9.98. The van der Waals surface area contributed by atoms with Crippen LogP contribution in [0.4, 0.5) is 0 Å². The van der Waals surface area contributed by atoms with Crippen LogP contribution < -0.4 is 4.74 Å². The molecule has 1 aliphatic rings. The molecule has 0 saturated heterocycles. The predicted octanol–water partition coefficient (Wildman–Crippen LogP) is 4.66. The average Bonchev–Trinajstić information content (AvgIpc) is 2.45. The number of benzene rings is 2. The van der Waals surface area contributed by atoms with Gasteiger partial charge in [-0.3, -0.25) is 4.79 Å². The first kappa shape index (κ1) is 13.7. The number of fused-ring (bicyclic) bond motifs is 1. The van der Waals surface area contributed by atoms with Crippen molar-refractivity contribution in [1.82, 2.24) is 0 Å². The molecule has 0 aromatic heterocycles. The standard InChI is InChI=1S/C16H12BrClO2/c17-13-7-12(8-14(18)9-13)16(19)11-3-4-15-10(6-11)2-1-5-20-15/h3-4,6-9H,1-2,5H2. The molecule has 0 aliphatic carbocycles. The van der Waals surface area contributed by atoms with Crippen molar-refractivity contribution in [3.05, 3.63) is 62.6 Å². The Labute approximate surface area is 130 Å². The monoisotopic (exact) mass is 350 g/mol. The molecule has 1 heterocycles. The lowest BCUT2D eigenvalue weighted by molar-refractivity contribution is 0.103. The number of rotatable bonds is 2. The van der Waals surface area contributed by atoms with Crippen LogP contribution in [0.15, 0.2) is 40.9 Å². The van der Waals surface area contributed by atoms with Crippen LogP contribution in [0.1, 0.15) is 27.9 Å². The van der Waals surface area contributed by atoms with Gasteiger partial charge >= 0.3 is 0 Å². The molecule has 0 spiro atoms. The summed E-state index contributed by atoms with van der Waals surface area (Å²) >= 11 is 9.35. The summed E-state index contributed by atoms with van der Waals surface area (Å²) in [4.78, 5) is 12.5. The largest absolute Gasteiger partial charge is 0.493 e. The summed E-state index contributed by atoms with van der Waals surface area (Å²) < 4.78 is 6.36. The second-order valence-corrected chi connectivity index (χ2v) is 6.11. The van der Waals surface area contributed by atoms with Crippen molar-refractivity contribution >= 4 is 33.3 Å². The first-order valence-corrected chi connectivity index (χ1v) is 7.57. The summed E-state index contributed by atoms with van der Waals surface area (Å²) in [5.74, 6) is 0.863. The smallest absolute Gasteiger partial charge is 0.193 e. The second kappa shape index (κ2) is 5.58. The molecule has 1 aliphatic heterocycles. The molecule has 2 nitrogen and oxygen atoms in total. The minimum absolute atomic E-state index is 0.0263. The zero-order valence-electron chi connectivity index (χ0n) is 10.7. The van der Waals surface area contributed by atoms with E-state index < -0.39 is 0 Å². The van der Waals surface area contributed by atoms with E-state index in [9.17, 15) is 4.79 Å². The van der Waals surface area contributed by atoms with Crippen LogP contribution in [0.2, 0.25) is 5.02 Å². The first-order valence-electron chi connectivity index (χ1n) is 6.40. The van der Waals surface area contributed by atoms with Gasteiger partial charge in [0.15, 0.2) is 5.78 Å². The highest BCUT2D eigenvalue weighted by Crippen LogP contribution is 2.27. The van der Waals surface area contributed by atoms with E-state index in [1.807, 2.05) is 12.1 Å². The maximum absolute atomic E-state index is 12.5. The Kier molecular flexibility index (Phi) is 3.81. The molecule has 20 heavy (non-hydrogen) atoms. The number of aryl methyl sites for hydroxylation is 1. The van der Waals surface area contributed by atoms with Gasteiger partial charge in [0, 0.05) is 20.6 Å². The van der Waals surface area contributed by atoms with Gasteiger partial charge in [0.05, 0.1) is 6.61 Å². The molecule has 102 valence electrons. The molecule has 0 saturated carbocycles. The topological polar surface area (TPSA) is 26.3 Å². The van der Waals surface area contributed by atoms with E-state index in [1.165, 1.54) is 0 Å². The van der Waals surface area contributed by atoms with Crippen molar-refractivity contribution in [3.8, 4) is 5.75 Å². The summed E-state index contributed by atoms with van der Waals surface area (Å²) in [6.07, 6.45) is 1.95. The first-order chi connectivity index (χ1) is 9.63. The van der Waals surface area contributed by atoms with Crippen LogP contribution in [0, 0.1) is 0 Å². The molecule has 0 radical (unpaired) electrons. The second-order valence-electron chi connectivity index (χ2n) is 4.76. The molecule has 2 aromatic carbocycles. The number of carbonyl (C=O) groups excluding carboxylic acids is 1. The number of carbonyl (C=O) groups is 1. The van der Waals surface area contributed by atoms with Crippen LogP contribution in [0.3, 0.4) is 0 Å². The highest BCUT2D eigenvalue weighted by atomic mass is 79.9. The van der Waals surface area contributed by atoms with Crippen LogP contribution in [-0.2, 0) is 6.42 Å². The summed E-state index contributed by atoms with van der Waals surface area (Å²) in [6, 6.07) is 10.8. The van der Waals surface area contributed by atoms with Crippen molar-refractivity contribution in [3.63, 3.8) is 0 Å². The molecule has 0 amide bonds. The number of hydrogen-bond acceptors (Lipinski definition) is 2. The van der Waals surface area contributed by atoms with Gasteiger partial charge in [-0.25, -0.2) is 0 Å². The summed E-state index contributed by atoms with van der Waals surface area (Å²) in [6.45, 7) is 0.752. The Morgan fingerprint density at radius 1 is 1.15 bits per heavy atom. The number of ketones is 1. The molecule has 0 atom stereocenters. The maximum Gasteiger partial charge on any atom is 0.193 e. The molecule has 0 N–H and O–H groups in total. The third-order valence-corrected chi connectivity index (χ3v) is 3.97. The van der Waals surface area contributed by atoms with Crippen molar-refractivity contribution in [1.29, 1.82) is 0 Å². The fourth-order valence-corrected chi connectivity index (χ4v) is 3.21. The van der Waals surface area contributed by atoms with Gasteiger partial charge in [-0.1, -0.05) is 27.5 Å². The van der Waals surface area contributed by atoms with Gasteiger partial charge < -0.3 is 4.74 Å². The van der Waals surface area contributed by atoms with Crippen LogP contribution in [0.25, 0.3) is 0 Å². The van der Waals surface area contributed by atoms with Gasteiger partial charge in [-0.15, -0.1) is 0 Å². The fraction of sp³-hybridized carbons (Fsp3) is 0.188. The predicted molar refractivity (Wildman–Crippen MR) is 82.8 cm³/mol. The van der Waals surface area contributed by atoms with Gasteiger partial charge in [-0.05, 0) is 54.8 Å². The molecule has 2 aromatic rings. The molecule has 0 fully saturated rings. The Balaban J connectivity index is 1.97. The van der Waals surface area contributed by atoms with Crippen molar-refractivity contribution < 1.29 is 9.53 Å². The van der Waals surface area contributed by atoms with E-state index in [0.717, 1.165) is 35.2 Å². The van der Waals surface area contributed by atoms with Crippen molar-refractivity contribution in [2.45, 2.75) is 12.8 Å². The lowest BCUT2D eigenvalue weighted by Gasteiger charge is -2.17. The average molecular weight is 352 g/mol. The SMILES string of the molecule is O=C(c1cc(Cl)cc(Br)c1)c1ccc2c(c1)CCCO2. The normalized spacial score (nSPS) is 13.5. The Hall–Kier alpha value is -1.32. The number of halogens is 2. The third kappa shape index (κ3) is 2.74. The van der Waals surface area contributed by atoms with Crippen LogP contribution in [-0.4, -0.2) is 12.4 Å². The van der Waals surface area contributed by atoms with E-state index in [-0.39, 0.29) is 5.78 Å². The summed E-state index contributed by atoms with van der Waals surface area (Å²) in [5.41, 5.74) is 2.35. The van der Waals surface area contributed by atoms with Gasteiger partial charge in [0.2, 0.25) is 0 Å². The maximum atomic E-state index is 12.5. The van der Waals surface area contributed by atoms with Crippen LogP contribution >= 0.6 is 27.5 Å². The van der Waals surface area contributed by atoms with E-state index in [4.69, 9.17) is 16.3 Å². The van der Waals surface area contributed by atoms with Crippen LogP contribution in [0.5, 0.6) is 5.75 Å². The molecule has 0 unspecified atom stereocenters. The van der Waals surface area contributed by atoms with E-state index in [1.54, 1.807) is 24.3 Å². The summed E-state index contributed by atoms with van der Waals surface area (Å²) in [5, 5.41) is 0.545. The van der Waals surface area contributed by atoms with E-state index in [2.05, 4.69) is 15.9 Å². The third-order valence-electron chi connectivity index (χ3n) is 3.30. The Morgan fingerprint density at radius 3 is 2.80 bits per heavy atom. The number of ether oxygens (including phenoxy) is 1. The zero-order chi connectivity index (χ0) is 14.1. The lowest BCUT2D eigenvalue weighted by Crippen LogP contribution is -2.10. The fourth-order valence-electron chi connectivity index (χ4n) is 2.35. The molecular weight excluding hydrogens is 340 g/mol. The van der Waals surface area contributed by atoms with Crippen molar-refractivity contribution in [2.24, 2.45) is 0 Å². The van der Waals surface area contributed by atoms with Gasteiger partial charge in [0.1, 0.15) is 5.75 Å². The zero-order valence-corrected chi connectivity index (χ0v) is 13.0. The number of hydrogen-bond donors (Lipinski definition) is 0. The van der Waals surface area contributed by atoms with Gasteiger partial charge in [0.25, 0.3) is 0 Å². The van der Waals surface area contributed by atoms with E-state index in [0.29, 0.717) is 16.1 Å². The van der Waals surface area contributed by atoms with Gasteiger partial charge in [-0.2, -0.15) is 0 Å². The highest BCUT2D eigenvalue weighted by molar-refractivity contribution is 9.10. The Bertz CT molecular complexity index is 662.